The highest BCUT2D eigenvalue weighted by atomic mass is 14.2. The van der Waals surface area contributed by atoms with Crippen LogP contribution < -0.4 is 0 Å². The van der Waals surface area contributed by atoms with Crippen molar-refractivity contribution in [3.8, 4) is 0 Å². The second-order valence-corrected chi connectivity index (χ2v) is 5.81. The van der Waals surface area contributed by atoms with Crippen LogP contribution in [0.25, 0.3) is 5.57 Å². The fourth-order valence-electron chi connectivity index (χ4n) is 2.22. The molecule has 0 saturated carbocycles. The maximum absolute atomic E-state index is 2.35. The Labute approximate surface area is 119 Å². The van der Waals surface area contributed by atoms with Crippen LogP contribution in [-0.4, -0.2) is 0 Å². The summed E-state index contributed by atoms with van der Waals surface area (Å²) >= 11 is 0. The molecule has 0 aliphatic heterocycles. The van der Waals surface area contributed by atoms with Gasteiger partial charge in [0.05, 0.1) is 0 Å². The highest BCUT2D eigenvalue weighted by Gasteiger charge is 2.14. The summed E-state index contributed by atoms with van der Waals surface area (Å²) in [4.78, 5) is 0. The van der Waals surface area contributed by atoms with E-state index in [9.17, 15) is 0 Å². The average molecular weight is 256 g/mol. The number of hydrogen-bond donors (Lipinski definition) is 0. The van der Waals surface area contributed by atoms with Crippen molar-refractivity contribution in [3.63, 3.8) is 0 Å². The van der Waals surface area contributed by atoms with Gasteiger partial charge in [0, 0.05) is 0 Å². The van der Waals surface area contributed by atoms with Crippen molar-refractivity contribution in [2.75, 3.05) is 0 Å². The molecule has 0 saturated heterocycles. The lowest BCUT2D eigenvalue weighted by molar-refractivity contribution is 0.534. The zero-order valence-corrected chi connectivity index (χ0v) is 13.3. The van der Waals surface area contributed by atoms with Crippen LogP contribution in [0.15, 0.2) is 36.4 Å². The normalized spacial score (nSPS) is 14.4. The van der Waals surface area contributed by atoms with Crippen molar-refractivity contribution in [2.45, 2.75) is 53.9 Å². The van der Waals surface area contributed by atoms with Gasteiger partial charge in [-0.3, -0.25) is 0 Å². The maximum atomic E-state index is 2.35. The molecule has 1 unspecified atom stereocenters. The monoisotopic (exact) mass is 256 g/mol. The van der Waals surface area contributed by atoms with Gasteiger partial charge in [-0.1, -0.05) is 69.7 Å². The van der Waals surface area contributed by atoms with Crippen molar-refractivity contribution >= 4 is 5.57 Å². The molecule has 0 aliphatic rings. The van der Waals surface area contributed by atoms with Crippen LogP contribution in [0.2, 0.25) is 0 Å². The molecular formula is C19H28. The van der Waals surface area contributed by atoms with Crippen molar-refractivity contribution < 1.29 is 0 Å². The molecule has 0 heterocycles. The van der Waals surface area contributed by atoms with E-state index in [1.165, 1.54) is 22.3 Å². The van der Waals surface area contributed by atoms with E-state index < -0.39 is 0 Å². The summed E-state index contributed by atoms with van der Waals surface area (Å²) in [6.45, 7) is 13.5. The van der Waals surface area contributed by atoms with E-state index in [4.69, 9.17) is 0 Å². The van der Waals surface area contributed by atoms with E-state index in [0.717, 1.165) is 6.42 Å². The van der Waals surface area contributed by atoms with E-state index in [0.29, 0.717) is 11.8 Å². The molecule has 0 amide bonds. The van der Waals surface area contributed by atoms with Gasteiger partial charge in [-0.25, -0.2) is 0 Å². The minimum absolute atomic E-state index is 0.591. The zero-order chi connectivity index (χ0) is 14.4. The summed E-state index contributed by atoms with van der Waals surface area (Å²) in [7, 11) is 0. The first-order valence-corrected chi connectivity index (χ1v) is 7.41. The van der Waals surface area contributed by atoms with Crippen LogP contribution >= 0.6 is 0 Å². The maximum Gasteiger partial charge on any atom is -0.0161 e. The Hall–Kier alpha value is -1.30. The van der Waals surface area contributed by atoms with E-state index in [-0.39, 0.29) is 0 Å². The summed E-state index contributed by atoms with van der Waals surface area (Å²) in [5, 5.41) is 0. The molecule has 0 aromatic heterocycles. The Balaban J connectivity index is 3.20. The molecule has 0 N–H and O–H groups in total. The lowest BCUT2D eigenvalue weighted by atomic mass is 9.84. The second kappa shape index (κ2) is 7.33. The molecule has 19 heavy (non-hydrogen) atoms. The number of benzene rings is 1. The molecule has 0 bridgehead atoms. The van der Waals surface area contributed by atoms with Crippen molar-refractivity contribution in [1.82, 2.24) is 0 Å². The summed E-state index contributed by atoms with van der Waals surface area (Å²) in [5.74, 6) is 1.26. The van der Waals surface area contributed by atoms with Crippen molar-refractivity contribution in [3.05, 3.63) is 53.1 Å². The van der Waals surface area contributed by atoms with E-state index in [2.05, 4.69) is 78.0 Å². The fourth-order valence-corrected chi connectivity index (χ4v) is 2.22. The third-order valence-corrected chi connectivity index (χ3v) is 3.84. The topological polar surface area (TPSA) is 0 Å². The van der Waals surface area contributed by atoms with Crippen LogP contribution in [-0.2, 0) is 0 Å². The van der Waals surface area contributed by atoms with Crippen molar-refractivity contribution in [2.24, 2.45) is 5.92 Å². The minimum Gasteiger partial charge on any atom is -0.0848 e. The Bertz CT molecular complexity index is 461. The third-order valence-electron chi connectivity index (χ3n) is 3.84. The molecular weight excluding hydrogens is 228 g/mol. The van der Waals surface area contributed by atoms with E-state index in [1.54, 1.807) is 0 Å². The minimum atomic E-state index is 0.591. The number of allylic oxidation sites excluding steroid dienone is 4. The largest absolute Gasteiger partial charge is 0.0848 e. The van der Waals surface area contributed by atoms with Gasteiger partial charge in [0.15, 0.2) is 0 Å². The van der Waals surface area contributed by atoms with Gasteiger partial charge >= 0.3 is 0 Å². The number of hydrogen-bond acceptors (Lipinski definition) is 0. The van der Waals surface area contributed by atoms with Gasteiger partial charge in [-0.15, -0.1) is 0 Å². The molecule has 0 nitrogen and oxygen atoms in total. The number of rotatable bonds is 5. The first kappa shape index (κ1) is 15.8. The second-order valence-electron chi connectivity index (χ2n) is 5.81. The summed E-state index contributed by atoms with van der Waals surface area (Å²) in [6.07, 6.45) is 7.68. The summed E-state index contributed by atoms with van der Waals surface area (Å²) in [5.41, 5.74) is 5.58. The first-order valence-electron chi connectivity index (χ1n) is 7.41. The van der Waals surface area contributed by atoms with E-state index in [1.807, 2.05) is 0 Å². The van der Waals surface area contributed by atoms with Gasteiger partial charge < -0.3 is 0 Å². The third kappa shape index (κ3) is 4.38. The molecule has 1 aromatic carbocycles. The molecule has 1 aromatic rings. The Morgan fingerprint density at radius 3 is 2.47 bits per heavy atom. The molecule has 0 fully saturated rings. The smallest absolute Gasteiger partial charge is 0.0161 e. The molecule has 1 rings (SSSR count). The molecule has 0 spiro atoms. The molecule has 0 aliphatic carbocycles. The Morgan fingerprint density at radius 2 is 1.89 bits per heavy atom. The van der Waals surface area contributed by atoms with Crippen LogP contribution in [0.5, 0.6) is 0 Å². The SMILES string of the molecule is CC/C=C\C=C(/C)c1ccc(C)cc1C(C)C(C)C. The Kier molecular flexibility index (Phi) is 6.08. The lowest BCUT2D eigenvalue weighted by Gasteiger charge is -2.21. The van der Waals surface area contributed by atoms with Crippen molar-refractivity contribution in [1.29, 1.82) is 0 Å². The van der Waals surface area contributed by atoms with Crippen LogP contribution in [0, 0.1) is 12.8 Å². The van der Waals surface area contributed by atoms with Crippen LogP contribution in [0.3, 0.4) is 0 Å². The highest BCUT2D eigenvalue weighted by Crippen LogP contribution is 2.31. The lowest BCUT2D eigenvalue weighted by Crippen LogP contribution is -2.05. The molecule has 104 valence electrons. The predicted molar refractivity (Wildman–Crippen MR) is 87.5 cm³/mol. The van der Waals surface area contributed by atoms with Gasteiger partial charge in [0.25, 0.3) is 0 Å². The first-order chi connectivity index (χ1) is 8.97. The molecule has 0 heteroatoms. The number of aryl methyl sites for hydroxylation is 1. The highest BCUT2D eigenvalue weighted by molar-refractivity contribution is 5.69. The molecule has 1 atom stereocenters. The predicted octanol–water partition coefficient (Wildman–Crippen LogP) is 6.12. The fraction of sp³-hybridized carbons (Fsp3) is 0.474. The summed E-state index contributed by atoms with van der Waals surface area (Å²) in [6, 6.07) is 6.84. The van der Waals surface area contributed by atoms with E-state index >= 15 is 0 Å². The van der Waals surface area contributed by atoms with Gasteiger partial charge in [0.2, 0.25) is 0 Å². The quantitative estimate of drug-likeness (QED) is 0.556. The zero-order valence-electron chi connectivity index (χ0n) is 13.3. The van der Waals surface area contributed by atoms with Crippen LogP contribution in [0.4, 0.5) is 0 Å². The van der Waals surface area contributed by atoms with Gasteiger partial charge in [0.1, 0.15) is 0 Å². The molecule has 0 radical (unpaired) electrons. The Morgan fingerprint density at radius 1 is 1.21 bits per heavy atom. The van der Waals surface area contributed by atoms with Gasteiger partial charge in [-0.2, -0.15) is 0 Å². The average Bonchev–Trinajstić information content (AvgIpc) is 2.37. The van der Waals surface area contributed by atoms with Gasteiger partial charge in [-0.05, 0) is 48.8 Å². The standard InChI is InChI=1S/C19H28/c1-7-8-9-10-16(5)18-12-11-15(4)13-19(18)17(6)14(2)3/h8-14,17H,7H2,1-6H3/b9-8-,16-10+. The van der Waals surface area contributed by atoms with Crippen LogP contribution in [0.1, 0.15) is 63.6 Å². The summed E-state index contributed by atoms with van der Waals surface area (Å²) < 4.78 is 0.